The van der Waals surface area contributed by atoms with Crippen LogP contribution in [0.2, 0.25) is 0 Å². The summed E-state index contributed by atoms with van der Waals surface area (Å²) < 4.78 is 45.9. The van der Waals surface area contributed by atoms with Gasteiger partial charge in [0, 0.05) is 62.7 Å². The third kappa shape index (κ3) is 4.31. The number of rotatable bonds is 2. The van der Waals surface area contributed by atoms with E-state index in [0.717, 1.165) is 30.7 Å². The number of halogens is 3. The van der Waals surface area contributed by atoms with E-state index in [4.69, 9.17) is 9.73 Å². The van der Waals surface area contributed by atoms with Crippen LogP contribution in [-0.2, 0) is 15.7 Å². The van der Waals surface area contributed by atoms with Crippen LogP contribution in [0.4, 0.5) is 18.9 Å². The molecule has 3 saturated heterocycles. The van der Waals surface area contributed by atoms with E-state index >= 15 is 0 Å². The smallest absolute Gasteiger partial charge is 0.378 e. The molecule has 0 saturated carbocycles. The molecule has 0 radical (unpaired) electrons. The number of aliphatic imine (C=N–C) groups is 2. The lowest BCUT2D eigenvalue weighted by atomic mass is 10.0. The highest BCUT2D eigenvalue weighted by Gasteiger charge is 2.44. The van der Waals surface area contributed by atoms with Crippen molar-refractivity contribution in [2.45, 2.75) is 6.18 Å². The van der Waals surface area contributed by atoms with Crippen LogP contribution in [0.5, 0.6) is 0 Å². The summed E-state index contributed by atoms with van der Waals surface area (Å²) in [6.45, 7) is 5.67. The predicted molar refractivity (Wildman–Crippen MR) is 130 cm³/mol. The SMILES string of the molecule is O=C(C1=CC2CN=C(N3CCOCC3)C=CC2=N1)N1C[C@@H]2CN(c3ccccc3C(F)(F)F)C[C@@H]2C1. The molecule has 3 fully saturated rings. The summed E-state index contributed by atoms with van der Waals surface area (Å²) in [6, 6.07) is 5.74. The van der Waals surface area contributed by atoms with Gasteiger partial charge in [-0.1, -0.05) is 12.1 Å². The molecule has 0 aromatic heterocycles. The maximum absolute atomic E-state index is 13.5. The number of amidine groups is 1. The average Bonchev–Trinajstić information content (AvgIpc) is 3.54. The molecule has 0 N–H and O–H groups in total. The molecule has 6 rings (SSSR count). The fourth-order valence-corrected chi connectivity index (χ4v) is 5.87. The van der Waals surface area contributed by atoms with Crippen LogP contribution in [0.3, 0.4) is 0 Å². The van der Waals surface area contributed by atoms with Crippen LogP contribution >= 0.6 is 0 Å². The van der Waals surface area contributed by atoms with E-state index in [9.17, 15) is 18.0 Å². The second kappa shape index (κ2) is 9.06. The maximum Gasteiger partial charge on any atom is 0.418 e. The number of morpholine rings is 1. The number of anilines is 1. The van der Waals surface area contributed by atoms with Crippen molar-refractivity contribution >= 4 is 23.1 Å². The van der Waals surface area contributed by atoms with Gasteiger partial charge in [-0.05, 0) is 30.4 Å². The van der Waals surface area contributed by atoms with Crippen molar-refractivity contribution in [2.24, 2.45) is 27.7 Å². The molecule has 36 heavy (non-hydrogen) atoms. The quantitative estimate of drug-likeness (QED) is 0.628. The van der Waals surface area contributed by atoms with E-state index < -0.39 is 11.7 Å². The summed E-state index contributed by atoms with van der Waals surface area (Å²) in [6.07, 6.45) is 1.45. The number of alkyl halides is 3. The highest BCUT2D eigenvalue weighted by molar-refractivity contribution is 6.10. The van der Waals surface area contributed by atoms with Crippen LogP contribution < -0.4 is 4.90 Å². The molecule has 1 aromatic rings. The monoisotopic (exact) mass is 499 g/mol. The lowest BCUT2D eigenvalue weighted by molar-refractivity contribution is -0.137. The molecule has 0 bridgehead atoms. The molecule has 1 aromatic carbocycles. The Labute approximate surface area is 207 Å². The molecule has 0 aliphatic carbocycles. The largest absolute Gasteiger partial charge is 0.418 e. The Hall–Kier alpha value is -3.14. The first kappa shape index (κ1) is 23.3. The average molecular weight is 500 g/mol. The Kier molecular flexibility index (Phi) is 5.86. The first-order chi connectivity index (χ1) is 17.4. The topological polar surface area (TPSA) is 60.7 Å². The second-order valence-electron chi connectivity index (χ2n) is 9.98. The molecule has 5 aliphatic heterocycles. The molecule has 10 heteroatoms. The van der Waals surface area contributed by atoms with Gasteiger partial charge in [0.25, 0.3) is 5.91 Å². The van der Waals surface area contributed by atoms with Crippen molar-refractivity contribution in [1.82, 2.24) is 9.80 Å². The van der Waals surface area contributed by atoms with Gasteiger partial charge in [0.1, 0.15) is 11.5 Å². The highest BCUT2D eigenvalue weighted by atomic mass is 19.4. The van der Waals surface area contributed by atoms with E-state index in [1.165, 1.54) is 12.1 Å². The first-order valence-corrected chi connectivity index (χ1v) is 12.4. The third-order valence-corrected chi connectivity index (χ3v) is 7.72. The van der Waals surface area contributed by atoms with Crippen LogP contribution in [0, 0.1) is 17.8 Å². The lowest BCUT2D eigenvalue weighted by Gasteiger charge is -2.28. The number of carbonyl (C=O) groups is 1. The zero-order chi connectivity index (χ0) is 24.9. The van der Waals surface area contributed by atoms with E-state index in [0.29, 0.717) is 51.6 Å². The van der Waals surface area contributed by atoms with Gasteiger partial charge in [-0.3, -0.25) is 9.79 Å². The standard InChI is InChI=1S/C26H28F3N5O2/c27-26(28,29)20-3-1-2-4-23(20)33-13-18-15-34(16-19(18)14-33)25(35)22-11-17-12-30-24(6-5-21(17)31-22)32-7-9-36-10-8-32/h1-6,11,17-19H,7-10,12-16H2/t17?,18-,19+. The number of benzene rings is 1. The minimum absolute atomic E-state index is 0.0183. The van der Waals surface area contributed by atoms with Crippen LogP contribution in [-0.4, -0.2) is 86.3 Å². The summed E-state index contributed by atoms with van der Waals surface area (Å²) in [4.78, 5) is 28.5. The fraction of sp³-hybridized carbons (Fsp3) is 0.500. The number of likely N-dealkylation sites (tertiary alicyclic amines) is 1. The first-order valence-electron chi connectivity index (χ1n) is 12.4. The number of amides is 1. The van der Waals surface area contributed by atoms with E-state index in [1.54, 1.807) is 6.07 Å². The zero-order valence-electron chi connectivity index (χ0n) is 19.8. The number of nitrogens with zero attached hydrogens (tertiary/aromatic N) is 5. The summed E-state index contributed by atoms with van der Waals surface area (Å²) in [5.74, 6) is 1.11. The van der Waals surface area contributed by atoms with Gasteiger partial charge >= 0.3 is 6.18 Å². The molecule has 1 unspecified atom stereocenters. The van der Waals surface area contributed by atoms with Crippen molar-refractivity contribution < 1.29 is 22.7 Å². The minimum atomic E-state index is -4.39. The van der Waals surface area contributed by atoms with Crippen molar-refractivity contribution in [2.75, 3.05) is 63.9 Å². The number of ether oxygens (including phenoxy) is 1. The molecular formula is C26H28F3N5O2. The Morgan fingerprint density at radius 2 is 1.69 bits per heavy atom. The minimum Gasteiger partial charge on any atom is -0.378 e. The van der Waals surface area contributed by atoms with Crippen molar-refractivity contribution in [3.8, 4) is 0 Å². The normalized spacial score (nSPS) is 27.9. The number of hydrogen-bond acceptors (Lipinski definition) is 6. The van der Waals surface area contributed by atoms with Gasteiger partial charge in [-0.25, -0.2) is 4.99 Å². The molecule has 0 spiro atoms. The third-order valence-electron chi connectivity index (χ3n) is 7.72. The Morgan fingerprint density at radius 3 is 2.42 bits per heavy atom. The Morgan fingerprint density at radius 1 is 0.972 bits per heavy atom. The van der Waals surface area contributed by atoms with Crippen LogP contribution in [0.1, 0.15) is 5.56 Å². The van der Waals surface area contributed by atoms with Crippen molar-refractivity contribution in [3.63, 3.8) is 0 Å². The molecule has 5 heterocycles. The molecule has 190 valence electrons. The molecule has 7 nitrogen and oxygen atoms in total. The summed E-state index contributed by atoms with van der Waals surface area (Å²) in [5, 5.41) is 0. The lowest BCUT2D eigenvalue weighted by Crippen LogP contribution is -2.40. The van der Waals surface area contributed by atoms with E-state index in [1.807, 2.05) is 28.0 Å². The molecular weight excluding hydrogens is 471 g/mol. The van der Waals surface area contributed by atoms with Gasteiger partial charge < -0.3 is 19.4 Å². The number of carbonyl (C=O) groups excluding carboxylic acids is 1. The Bertz CT molecular complexity index is 1150. The second-order valence-corrected chi connectivity index (χ2v) is 9.98. The fourth-order valence-electron chi connectivity index (χ4n) is 5.87. The number of hydrogen-bond donors (Lipinski definition) is 0. The summed E-state index contributed by atoms with van der Waals surface area (Å²) in [7, 11) is 0. The van der Waals surface area contributed by atoms with Gasteiger partial charge in [0.15, 0.2) is 0 Å². The number of allylic oxidation sites excluding steroid dienone is 1. The summed E-state index contributed by atoms with van der Waals surface area (Å²) >= 11 is 0. The molecule has 1 amide bonds. The molecule has 5 aliphatic rings. The number of para-hydroxylation sites is 1. The predicted octanol–water partition coefficient (Wildman–Crippen LogP) is 2.86. The van der Waals surface area contributed by atoms with Crippen LogP contribution in [0.15, 0.2) is 58.2 Å². The van der Waals surface area contributed by atoms with Gasteiger partial charge in [0.2, 0.25) is 0 Å². The van der Waals surface area contributed by atoms with Gasteiger partial charge in [0.05, 0.1) is 31.0 Å². The van der Waals surface area contributed by atoms with E-state index in [2.05, 4.69) is 9.89 Å². The molecule has 3 atom stereocenters. The highest BCUT2D eigenvalue weighted by Crippen LogP contribution is 2.41. The maximum atomic E-state index is 13.5. The summed E-state index contributed by atoms with van der Waals surface area (Å²) in [5.41, 5.74) is 0.922. The number of fused-ring (bicyclic) bond motifs is 2. The zero-order valence-corrected chi connectivity index (χ0v) is 19.8. The van der Waals surface area contributed by atoms with Crippen LogP contribution in [0.25, 0.3) is 0 Å². The van der Waals surface area contributed by atoms with E-state index in [-0.39, 0.29) is 29.3 Å². The van der Waals surface area contributed by atoms with Crippen molar-refractivity contribution in [1.29, 1.82) is 0 Å². The van der Waals surface area contributed by atoms with Gasteiger partial charge in [-0.2, -0.15) is 13.2 Å². The Balaban J connectivity index is 1.09. The van der Waals surface area contributed by atoms with Crippen molar-refractivity contribution in [3.05, 3.63) is 53.8 Å². The van der Waals surface area contributed by atoms with Gasteiger partial charge in [-0.15, -0.1) is 0 Å².